The third-order valence-corrected chi connectivity index (χ3v) is 10.1. The van der Waals surface area contributed by atoms with Crippen molar-refractivity contribution in [3.05, 3.63) is 0 Å². The minimum absolute atomic E-state index is 0.0336. The van der Waals surface area contributed by atoms with Crippen LogP contribution >= 0.6 is 21.6 Å². The number of rotatable bonds is 25. The van der Waals surface area contributed by atoms with Crippen molar-refractivity contribution in [3.8, 4) is 0 Å². The molecular weight excluding hydrogens is 829 g/mol. The van der Waals surface area contributed by atoms with E-state index in [2.05, 4.69) is 31.9 Å². The summed E-state index contributed by atoms with van der Waals surface area (Å²) in [5.41, 5.74) is -3.87. The monoisotopic (exact) mass is 896 g/mol. The van der Waals surface area contributed by atoms with Crippen LogP contribution in [0.3, 0.4) is 0 Å². The fourth-order valence-corrected chi connectivity index (χ4v) is 6.08. The average Bonchev–Trinajstić information content (AvgIpc) is 3.11. The van der Waals surface area contributed by atoms with Crippen LogP contribution in [0.4, 0.5) is 9.59 Å². The van der Waals surface area contributed by atoms with Gasteiger partial charge in [0.25, 0.3) is 0 Å². The molecule has 0 aromatic rings. The predicted octanol–water partition coefficient (Wildman–Crippen LogP) is 1.30. The van der Waals surface area contributed by atoms with Gasteiger partial charge in [0.05, 0.1) is 13.2 Å². The molecule has 0 aliphatic heterocycles. The van der Waals surface area contributed by atoms with E-state index in [1.54, 1.807) is 41.5 Å². The molecule has 0 rings (SSSR count). The summed E-state index contributed by atoms with van der Waals surface area (Å²) in [6.45, 7) is 19.0. The number of nitrogens with one attached hydrogen (secondary N) is 6. The quantitative estimate of drug-likeness (QED) is 0.0277. The first-order valence-corrected chi connectivity index (χ1v) is 22.0. The number of carbonyl (C=O) groups is 8. The number of ether oxygens (including phenoxy) is 4. The van der Waals surface area contributed by atoms with Gasteiger partial charge in [-0.2, -0.15) is 0 Å². The van der Waals surface area contributed by atoms with Crippen LogP contribution in [-0.2, 0) is 47.7 Å². The van der Waals surface area contributed by atoms with E-state index in [1.165, 1.54) is 63.1 Å². The highest BCUT2D eigenvalue weighted by Gasteiger charge is 2.37. The van der Waals surface area contributed by atoms with Crippen molar-refractivity contribution >= 4 is 69.3 Å². The first-order valence-electron chi connectivity index (χ1n) is 19.5. The number of esters is 2. The van der Waals surface area contributed by atoms with Gasteiger partial charge in [0.2, 0.25) is 23.6 Å². The van der Waals surface area contributed by atoms with Crippen molar-refractivity contribution in [2.45, 2.75) is 131 Å². The summed E-state index contributed by atoms with van der Waals surface area (Å²) in [6, 6.07) is -2.06. The molecule has 0 aliphatic rings. The van der Waals surface area contributed by atoms with Crippen LogP contribution in [0.25, 0.3) is 0 Å². The molecule has 22 heteroatoms. The Morgan fingerprint density at radius 1 is 0.517 bits per heavy atom. The molecule has 0 saturated carbocycles. The average molecular weight is 897 g/mol. The molecule has 0 aromatic heterocycles. The molecule has 0 heterocycles. The van der Waals surface area contributed by atoms with Crippen molar-refractivity contribution in [1.82, 2.24) is 31.9 Å². The van der Waals surface area contributed by atoms with E-state index in [-0.39, 0.29) is 51.0 Å². The second-order valence-electron chi connectivity index (χ2n) is 17.2. The number of carbonyl (C=O) groups excluding carboxylic acids is 8. The lowest BCUT2D eigenvalue weighted by atomic mass is 9.87. The molecule has 0 aliphatic carbocycles. The van der Waals surface area contributed by atoms with E-state index in [0.717, 1.165) is 0 Å². The lowest BCUT2D eigenvalue weighted by Gasteiger charge is -2.29. The molecule has 0 saturated heterocycles. The van der Waals surface area contributed by atoms with Gasteiger partial charge in [-0.15, -0.1) is 0 Å². The predicted molar refractivity (Wildman–Crippen MR) is 225 cm³/mol. The smallest absolute Gasteiger partial charge is 0.408 e. The Labute approximate surface area is 361 Å². The number of amides is 6. The highest BCUT2D eigenvalue weighted by molar-refractivity contribution is 8.76. The zero-order valence-electron chi connectivity index (χ0n) is 37.0. The lowest BCUT2D eigenvalue weighted by Crippen LogP contribution is -2.48. The maximum absolute atomic E-state index is 12.5. The van der Waals surface area contributed by atoms with E-state index < -0.39 is 82.3 Å². The molecule has 4 atom stereocenters. The normalized spacial score (nSPS) is 13.9. The number of aliphatic hydroxyl groups is 2. The molecule has 0 fully saturated rings. The molecule has 0 unspecified atom stereocenters. The second-order valence-corrected chi connectivity index (χ2v) is 19.9. The van der Waals surface area contributed by atoms with Crippen molar-refractivity contribution in [1.29, 1.82) is 0 Å². The van der Waals surface area contributed by atoms with Crippen LogP contribution in [0.15, 0.2) is 0 Å². The van der Waals surface area contributed by atoms with Crippen LogP contribution in [-0.4, -0.2) is 144 Å². The zero-order valence-corrected chi connectivity index (χ0v) is 38.6. The Morgan fingerprint density at radius 3 is 1.13 bits per heavy atom. The number of hydrogen-bond acceptors (Lipinski definition) is 16. The third-order valence-electron chi connectivity index (χ3n) is 7.72. The summed E-state index contributed by atoms with van der Waals surface area (Å²) in [5, 5.41) is 36.2. The SMILES string of the molecule is C[C@H](NC(=O)OC(C)(C)C)C(=O)OCC(C)(C)[C@@H](O)C(=O)NCCC(=O)NCCSSCCNC(=O)CCNC(=O)[C@H](O)C(C)(C)COC(=O)[C@H](C)NC(=O)OC(C)(C)C. The first-order chi connectivity index (χ1) is 27.5. The Bertz CT molecular complexity index is 1350. The van der Waals surface area contributed by atoms with Gasteiger partial charge in [-0.05, 0) is 55.4 Å². The minimum Gasteiger partial charge on any atom is -0.463 e. The van der Waals surface area contributed by atoms with Crippen molar-refractivity contribution < 1.29 is 67.5 Å². The topological polar surface area (TPSA) is 286 Å². The lowest BCUT2D eigenvalue weighted by molar-refractivity contribution is -0.155. The summed E-state index contributed by atoms with van der Waals surface area (Å²) >= 11 is 0. The van der Waals surface area contributed by atoms with Crippen LogP contribution < -0.4 is 31.9 Å². The Morgan fingerprint density at radius 2 is 0.833 bits per heavy atom. The maximum Gasteiger partial charge on any atom is 0.408 e. The maximum atomic E-state index is 12.5. The van der Waals surface area contributed by atoms with Crippen molar-refractivity contribution in [2.24, 2.45) is 10.8 Å². The van der Waals surface area contributed by atoms with Crippen molar-refractivity contribution in [2.75, 3.05) is 50.9 Å². The molecule has 8 N–H and O–H groups in total. The van der Waals surface area contributed by atoms with Gasteiger partial charge in [0.1, 0.15) is 35.5 Å². The van der Waals surface area contributed by atoms with Gasteiger partial charge >= 0.3 is 24.1 Å². The van der Waals surface area contributed by atoms with Gasteiger partial charge in [-0.3, -0.25) is 19.2 Å². The minimum atomic E-state index is -1.56. The fraction of sp³-hybridized carbons (Fsp3) is 0.789. The summed E-state index contributed by atoms with van der Waals surface area (Å²) < 4.78 is 20.6. The van der Waals surface area contributed by atoms with Gasteiger partial charge in [0.15, 0.2) is 0 Å². The van der Waals surface area contributed by atoms with Crippen LogP contribution in [0.2, 0.25) is 0 Å². The second kappa shape index (κ2) is 26.3. The zero-order chi connectivity index (χ0) is 46.5. The molecule has 0 spiro atoms. The van der Waals surface area contributed by atoms with E-state index in [1.807, 2.05) is 0 Å². The number of hydrogen-bond donors (Lipinski definition) is 8. The molecule has 0 aromatic carbocycles. The molecule has 60 heavy (non-hydrogen) atoms. The largest absolute Gasteiger partial charge is 0.463 e. The summed E-state index contributed by atoms with van der Waals surface area (Å²) in [6.07, 6.45) is -4.77. The number of alkyl carbamates (subject to hydrolysis) is 2. The van der Waals surface area contributed by atoms with Crippen LogP contribution in [0.1, 0.15) is 95.9 Å². The highest BCUT2D eigenvalue weighted by atomic mass is 33.1. The van der Waals surface area contributed by atoms with Crippen molar-refractivity contribution in [3.63, 3.8) is 0 Å². The molecular formula is C38H68N6O14S2. The molecule has 346 valence electrons. The molecule has 0 radical (unpaired) electrons. The van der Waals surface area contributed by atoms with E-state index in [9.17, 15) is 48.6 Å². The Hall–Kier alpha value is -4.02. The van der Waals surface area contributed by atoms with Gasteiger partial charge < -0.3 is 61.1 Å². The van der Waals surface area contributed by atoms with E-state index >= 15 is 0 Å². The highest BCUT2D eigenvalue weighted by Crippen LogP contribution is 2.23. The third kappa shape index (κ3) is 25.6. The Balaban J connectivity index is 4.20. The van der Waals surface area contributed by atoms with Gasteiger partial charge in [-0.1, -0.05) is 49.3 Å². The standard InChI is InChI=1S/C38H68N6O14S2/c1-23(43-33(53)57-35(3,4)5)31(51)55-21-37(9,10)27(47)29(49)41-15-13-25(45)39-17-19-59-60-20-18-40-26(46)14-16-42-30(50)28(48)38(11,12)22-56-32(52)24(2)44-34(54)58-36(6,7)8/h23-24,27-28,47-48H,13-22H2,1-12H3,(H,39,45)(H,40,46)(H,41,49)(H,42,50)(H,43,53)(H,44,54)/t23-,24-,27-,28-/m0/s1. The van der Waals surface area contributed by atoms with Crippen LogP contribution in [0.5, 0.6) is 0 Å². The van der Waals surface area contributed by atoms with E-state index in [4.69, 9.17) is 18.9 Å². The van der Waals surface area contributed by atoms with Gasteiger partial charge in [0, 0.05) is 61.4 Å². The van der Waals surface area contributed by atoms with Gasteiger partial charge in [-0.25, -0.2) is 19.2 Å². The Kier molecular flexibility index (Phi) is 24.6. The fourth-order valence-electron chi connectivity index (χ4n) is 4.27. The summed E-state index contributed by atoms with van der Waals surface area (Å²) in [7, 11) is 2.96. The van der Waals surface area contributed by atoms with E-state index in [0.29, 0.717) is 24.6 Å². The molecule has 20 nitrogen and oxygen atoms in total. The molecule has 6 amide bonds. The molecule has 0 bridgehead atoms. The summed E-state index contributed by atoms with van der Waals surface area (Å²) in [5.74, 6) is -2.52. The first kappa shape index (κ1) is 56.0. The summed E-state index contributed by atoms with van der Waals surface area (Å²) in [4.78, 5) is 97.8. The van der Waals surface area contributed by atoms with Crippen LogP contribution in [0, 0.1) is 10.8 Å². The number of aliphatic hydroxyl groups excluding tert-OH is 2.